The van der Waals surface area contributed by atoms with Crippen molar-refractivity contribution in [2.24, 2.45) is 0 Å². The van der Waals surface area contributed by atoms with Gasteiger partial charge >= 0.3 is 0 Å². The molecule has 0 atom stereocenters. The van der Waals surface area contributed by atoms with Gasteiger partial charge in [0.2, 0.25) is 11.7 Å². The van der Waals surface area contributed by atoms with Gasteiger partial charge in [-0.1, -0.05) is 6.07 Å². The number of rotatable bonds is 7. The maximum Gasteiger partial charge on any atom is 0.224 e. The second kappa shape index (κ2) is 8.13. The molecule has 0 spiro atoms. The van der Waals surface area contributed by atoms with Gasteiger partial charge in [-0.3, -0.25) is 4.79 Å². The lowest BCUT2D eigenvalue weighted by Gasteiger charge is -2.14. The minimum Gasteiger partial charge on any atom is -0.493 e. The predicted octanol–water partition coefficient (Wildman–Crippen LogP) is 3.77. The summed E-state index contributed by atoms with van der Waals surface area (Å²) in [6.45, 7) is 0. The average Bonchev–Trinajstić information content (AvgIpc) is 3.13. The maximum absolute atomic E-state index is 12.3. The van der Waals surface area contributed by atoms with Crippen molar-refractivity contribution in [2.75, 3.05) is 26.6 Å². The van der Waals surface area contributed by atoms with Crippen LogP contribution >= 0.6 is 0 Å². The summed E-state index contributed by atoms with van der Waals surface area (Å²) in [6.07, 6.45) is 4.42. The number of ether oxygens (including phenoxy) is 3. The molecule has 0 fully saturated rings. The lowest BCUT2D eigenvalue weighted by molar-refractivity contribution is -0.116. The fraction of sp³-hybridized carbons (Fsp3) is 0.381. The Labute approximate surface area is 154 Å². The normalized spacial score (nSPS) is 12.4. The molecule has 138 valence electrons. The number of hydrogen-bond acceptors (Lipinski definition) is 4. The summed E-state index contributed by atoms with van der Waals surface area (Å²) < 4.78 is 16.0. The van der Waals surface area contributed by atoms with Crippen molar-refractivity contribution in [3.05, 3.63) is 47.0 Å². The molecular weight excluding hydrogens is 330 g/mol. The molecular formula is C21H25NO4. The van der Waals surface area contributed by atoms with Gasteiger partial charge in [-0.05, 0) is 66.6 Å². The summed E-state index contributed by atoms with van der Waals surface area (Å²) in [4.78, 5) is 12.3. The molecule has 0 heterocycles. The molecule has 1 aliphatic carbocycles. The van der Waals surface area contributed by atoms with Crippen LogP contribution in [0.5, 0.6) is 17.2 Å². The first kappa shape index (κ1) is 18.1. The van der Waals surface area contributed by atoms with Crippen LogP contribution in [0.1, 0.15) is 29.5 Å². The third kappa shape index (κ3) is 3.93. The smallest absolute Gasteiger partial charge is 0.224 e. The van der Waals surface area contributed by atoms with Gasteiger partial charge in [-0.25, -0.2) is 0 Å². The Kier molecular flexibility index (Phi) is 5.66. The summed E-state index contributed by atoms with van der Waals surface area (Å²) in [6, 6.07) is 9.96. The second-order valence-electron chi connectivity index (χ2n) is 6.42. The number of methoxy groups -OCH3 is 3. The fourth-order valence-electron chi connectivity index (χ4n) is 3.41. The number of hydrogen-bond donors (Lipinski definition) is 1. The Balaban J connectivity index is 1.64. The average molecular weight is 355 g/mol. The third-order valence-corrected chi connectivity index (χ3v) is 4.75. The highest BCUT2D eigenvalue weighted by Gasteiger charge is 2.15. The molecule has 26 heavy (non-hydrogen) atoms. The molecule has 0 radical (unpaired) electrons. The van der Waals surface area contributed by atoms with E-state index in [2.05, 4.69) is 17.4 Å². The van der Waals surface area contributed by atoms with Crippen LogP contribution < -0.4 is 19.5 Å². The number of aryl methyl sites for hydroxylation is 3. The molecule has 5 heteroatoms. The maximum atomic E-state index is 12.3. The number of anilines is 1. The largest absolute Gasteiger partial charge is 0.493 e. The zero-order chi connectivity index (χ0) is 18.5. The first-order valence-corrected chi connectivity index (χ1v) is 8.85. The van der Waals surface area contributed by atoms with Crippen LogP contribution in [-0.2, 0) is 24.1 Å². The molecule has 5 nitrogen and oxygen atoms in total. The van der Waals surface area contributed by atoms with Gasteiger partial charge < -0.3 is 19.5 Å². The van der Waals surface area contributed by atoms with Crippen LogP contribution in [-0.4, -0.2) is 27.2 Å². The molecule has 2 aromatic carbocycles. The highest BCUT2D eigenvalue weighted by atomic mass is 16.5. The zero-order valence-electron chi connectivity index (χ0n) is 15.6. The Bertz CT molecular complexity index is 776. The lowest BCUT2D eigenvalue weighted by atomic mass is 10.1. The second-order valence-corrected chi connectivity index (χ2v) is 6.42. The van der Waals surface area contributed by atoms with Crippen molar-refractivity contribution < 1.29 is 19.0 Å². The summed E-state index contributed by atoms with van der Waals surface area (Å²) in [5, 5.41) is 3.00. The van der Waals surface area contributed by atoms with Crippen molar-refractivity contribution in [2.45, 2.75) is 32.1 Å². The van der Waals surface area contributed by atoms with Gasteiger partial charge in [0.1, 0.15) is 0 Å². The van der Waals surface area contributed by atoms with Crippen molar-refractivity contribution in [1.29, 1.82) is 0 Å². The van der Waals surface area contributed by atoms with Crippen molar-refractivity contribution in [3.8, 4) is 17.2 Å². The molecule has 0 aromatic heterocycles. The van der Waals surface area contributed by atoms with Gasteiger partial charge in [0.05, 0.1) is 21.3 Å². The molecule has 2 aromatic rings. The third-order valence-electron chi connectivity index (χ3n) is 4.75. The zero-order valence-corrected chi connectivity index (χ0v) is 15.6. The number of nitrogens with one attached hydrogen (secondary N) is 1. The summed E-state index contributed by atoms with van der Waals surface area (Å²) >= 11 is 0. The van der Waals surface area contributed by atoms with Gasteiger partial charge in [0.15, 0.2) is 11.5 Å². The van der Waals surface area contributed by atoms with E-state index in [1.807, 2.05) is 18.2 Å². The Morgan fingerprint density at radius 3 is 2.31 bits per heavy atom. The van der Waals surface area contributed by atoms with Crippen molar-refractivity contribution >= 4 is 11.6 Å². The first-order chi connectivity index (χ1) is 12.6. The number of carbonyl (C=O) groups is 1. The molecule has 0 saturated heterocycles. The van der Waals surface area contributed by atoms with Crippen LogP contribution in [0.3, 0.4) is 0 Å². The molecule has 0 bridgehead atoms. The number of carbonyl (C=O) groups excluding carboxylic acids is 1. The number of fused-ring (bicyclic) bond motifs is 1. The number of benzene rings is 2. The van der Waals surface area contributed by atoms with Gasteiger partial charge in [-0.15, -0.1) is 0 Å². The molecule has 1 amide bonds. The standard InChI is InChI=1S/C21H25NO4/c1-24-18-11-14(12-19(25-2)21(18)26-3)7-10-20(23)22-17-9-8-15-5-4-6-16(15)13-17/h8-9,11-13H,4-7,10H2,1-3H3,(H,22,23). The van der Waals surface area contributed by atoms with Crippen molar-refractivity contribution in [1.82, 2.24) is 0 Å². The summed E-state index contributed by atoms with van der Waals surface area (Å²) in [7, 11) is 4.74. The van der Waals surface area contributed by atoms with E-state index in [9.17, 15) is 4.79 Å². The van der Waals surface area contributed by atoms with E-state index in [1.165, 1.54) is 17.5 Å². The molecule has 0 saturated carbocycles. The monoisotopic (exact) mass is 355 g/mol. The molecule has 1 aliphatic rings. The molecule has 0 unspecified atom stereocenters. The Morgan fingerprint density at radius 1 is 0.962 bits per heavy atom. The Hall–Kier alpha value is -2.69. The summed E-state index contributed by atoms with van der Waals surface area (Å²) in [5.74, 6) is 1.75. The number of amides is 1. The van der Waals surface area contributed by atoms with E-state index in [0.717, 1.165) is 24.1 Å². The van der Waals surface area contributed by atoms with Crippen molar-refractivity contribution in [3.63, 3.8) is 0 Å². The fourth-order valence-corrected chi connectivity index (χ4v) is 3.41. The van der Waals surface area contributed by atoms with Crippen LogP contribution in [0.25, 0.3) is 0 Å². The summed E-state index contributed by atoms with van der Waals surface area (Å²) in [5.41, 5.74) is 4.59. The van der Waals surface area contributed by atoms with E-state index >= 15 is 0 Å². The van der Waals surface area contributed by atoms with Gasteiger partial charge in [0, 0.05) is 12.1 Å². The molecule has 1 N–H and O–H groups in total. The minimum atomic E-state index is -0.00306. The minimum absolute atomic E-state index is 0.00306. The predicted molar refractivity (Wildman–Crippen MR) is 102 cm³/mol. The first-order valence-electron chi connectivity index (χ1n) is 8.85. The van der Waals surface area contributed by atoms with Gasteiger partial charge in [0.25, 0.3) is 0 Å². The molecule has 3 rings (SSSR count). The van der Waals surface area contributed by atoms with E-state index < -0.39 is 0 Å². The SMILES string of the molecule is COc1cc(CCC(=O)Nc2ccc3c(c2)CCC3)cc(OC)c1OC. The van der Waals surface area contributed by atoms with E-state index in [-0.39, 0.29) is 5.91 Å². The highest BCUT2D eigenvalue weighted by Crippen LogP contribution is 2.38. The van der Waals surface area contributed by atoms with Gasteiger partial charge in [-0.2, -0.15) is 0 Å². The molecule has 0 aliphatic heterocycles. The Morgan fingerprint density at radius 2 is 1.65 bits per heavy atom. The van der Waals surface area contributed by atoms with Crippen LogP contribution in [0.2, 0.25) is 0 Å². The van der Waals surface area contributed by atoms with Crippen LogP contribution in [0, 0.1) is 0 Å². The highest BCUT2D eigenvalue weighted by molar-refractivity contribution is 5.91. The van der Waals surface area contributed by atoms with E-state index in [4.69, 9.17) is 14.2 Å². The topological polar surface area (TPSA) is 56.8 Å². The van der Waals surface area contributed by atoms with Crippen LogP contribution in [0.4, 0.5) is 5.69 Å². The lowest BCUT2D eigenvalue weighted by Crippen LogP contribution is -2.12. The van der Waals surface area contributed by atoms with E-state index in [0.29, 0.717) is 30.1 Å². The van der Waals surface area contributed by atoms with Crippen LogP contribution in [0.15, 0.2) is 30.3 Å². The quantitative estimate of drug-likeness (QED) is 0.821. The van der Waals surface area contributed by atoms with E-state index in [1.54, 1.807) is 21.3 Å².